The highest BCUT2D eigenvalue weighted by atomic mass is 32.2. The minimum absolute atomic E-state index is 0.0738. The maximum atomic E-state index is 13.2. The van der Waals surface area contributed by atoms with Crippen LogP contribution in [-0.4, -0.2) is 37.9 Å². The number of ether oxygens (including phenoxy) is 1. The van der Waals surface area contributed by atoms with Crippen LogP contribution in [0.15, 0.2) is 65.6 Å². The Labute approximate surface area is 212 Å². The maximum Gasteiger partial charge on any atom is 0.240 e. The van der Waals surface area contributed by atoms with Crippen molar-refractivity contribution < 1.29 is 13.2 Å². The topological polar surface area (TPSA) is 93.2 Å². The lowest BCUT2D eigenvalue weighted by Gasteiger charge is -2.15. The van der Waals surface area contributed by atoms with E-state index in [2.05, 4.69) is 46.2 Å². The lowest BCUT2D eigenvalue weighted by molar-refractivity contribution is 0.114. The van der Waals surface area contributed by atoms with Crippen LogP contribution < -0.4 is 10.0 Å². The molecule has 1 fully saturated rings. The van der Waals surface area contributed by atoms with Gasteiger partial charge in [0.25, 0.3) is 0 Å². The Kier molecular flexibility index (Phi) is 6.75. The normalized spacial score (nSPS) is 15.9. The molecule has 1 aliphatic heterocycles. The number of sulfonamides is 1. The van der Waals surface area contributed by atoms with Crippen molar-refractivity contribution in [1.82, 2.24) is 14.9 Å². The summed E-state index contributed by atoms with van der Waals surface area (Å²) in [6.07, 6.45) is 1.75. The SMILES string of the molecule is Cc1ccc(Nc2nnc(-c3ccc(C)c(S(=O)(=O)NC[C@H]4CCCO4)c3)c3ccccc23)c(C)c1. The van der Waals surface area contributed by atoms with Crippen molar-refractivity contribution in [2.24, 2.45) is 0 Å². The second-order valence-corrected chi connectivity index (χ2v) is 11.1. The van der Waals surface area contributed by atoms with Crippen molar-refractivity contribution in [2.75, 3.05) is 18.5 Å². The van der Waals surface area contributed by atoms with Crippen LogP contribution in [0.1, 0.15) is 29.5 Å². The van der Waals surface area contributed by atoms with Gasteiger partial charge in [-0.1, -0.05) is 54.1 Å². The lowest BCUT2D eigenvalue weighted by Crippen LogP contribution is -2.32. The van der Waals surface area contributed by atoms with Gasteiger partial charge < -0.3 is 10.1 Å². The highest BCUT2D eigenvalue weighted by molar-refractivity contribution is 7.89. The van der Waals surface area contributed by atoms with Gasteiger partial charge in [0.1, 0.15) is 5.69 Å². The molecular weight excluding hydrogens is 472 g/mol. The third-order valence-corrected chi connectivity index (χ3v) is 8.16. The van der Waals surface area contributed by atoms with E-state index < -0.39 is 10.0 Å². The Balaban J connectivity index is 1.51. The highest BCUT2D eigenvalue weighted by Crippen LogP contribution is 2.33. The summed E-state index contributed by atoms with van der Waals surface area (Å²) in [5, 5.41) is 14.2. The third kappa shape index (κ3) is 4.97. The zero-order valence-corrected chi connectivity index (χ0v) is 21.5. The standard InChI is InChI=1S/C28H30N4O3S/c1-18-10-13-25(20(3)15-18)30-28-24-9-5-4-8-23(24)27(31-32-28)21-12-11-19(2)26(16-21)36(33,34)29-17-22-7-6-14-35-22/h4-5,8-13,15-16,22,29H,6-7,14,17H2,1-3H3,(H,30,32)/t22-/m1/s1. The summed E-state index contributed by atoms with van der Waals surface area (Å²) in [5.74, 6) is 0.652. The molecule has 0 saturated carbocycles. The average Bonchev–Trinajstić information content (AvgIpc) is 3.39. The zero-order chi connectivity index (χ0) is 25.3. The van der Waals surface area contributed by atoms with Crippen molar-refractivity contribution in [2.45, 2.75) is 44.6 Å². The van der Waals surface area contributed by atoms with Gasteiger partial charge in [0, 0.05) is 35.2 Å². The molecule has 0 unspecified atom stereocenters. The number of fused-ring (bicyclic) bond motifs is 1. The van der Waals surface area contributed by atoms with E-state index in [9.17, 15) is 8.42 Å². The summed E-state index contributed by atoms with van der Waals surface area (Å²) in [4.78, 5) is 0.237. The maximum absolute atomic E-state index is 13.2. The molecule has 1 aromatic heterocycles. The van der Waals surface area contributed by atoms with Gasteiger partial charge in [-0.2, -0.15) is 0 Å². The molecule has 1 aliphatic rings. The molecule has 3 aromatic carbocycles. The van der Waals surface area contributed by atoms with Gasteiger partial charge in [-0.3, -0.25) is 0 Å². The molecule has 2 N–H and O–H groups in total. The van der Waals surface area contributed by atoms with E-state index in [-0.39, 0.29) is 17.5 Å². The van der Waals surface area contributed by atoms with Gasteiger partial charge in [0.2, 0.25) is 10.0 Å². The number of aromatic nitrogens is 2. The van der Waals surface area contributed by atoms with Crippen LogP contribution in [0.5, 0.6) is 0 Å². The van der Waals surface area contributed by atoms with E-state index in [4.69, 9.17) is 4.74 Å². The minimum atomic E-state index is -3.71. The summed E-state index contributed by atoms with van der Waals surface area (Å²) in [6, 6.07) is 19.5. The molecule has 4 aromatic rings. The number of nitrogens with one attached hydrogen (secondary N) is 2. The number of nitrogens with zero attached hydrogens (tertiary/aromatic N) is 2. The first-order chi connectivity index (χ1) is 17.3. The second kappa shape index (κ2) is 9.97. The Bertz CT molecular complexity index is 1530. The Morgan fingerprint density at radius 1 is 0.944 bits per heavy atom. The molecule has 0 amide bonds. The predicted octanol–water partition coefficient (Wildman–Crippen LogP) is 5.42. The molecule has 7 nitrogen and oxygen atoms in total. The van der Waals surface area contributed by atoms with E-state index in [1.165, 1.54) is 5.56 Å². The quantitative estimate of drug-likeness (QED) is 0.350. The average molecular weight is 503 g/mol. The second-order valence-electron chi connectivity index (χ2n) is 9.35. The number of aryl methyl sites for hydroxylation is 3. The number of rotatable bonds is 7. The van der Waals surface area contributed by atoms with Crippen LogP contribution >= 0.6 is 0 Å². The van der Waals surface area contributed by atoms with Crippen molar-refractivity contribution in [3.8, 4) is 11.3 Å². The molecule has 1 atom stereocenters. The molecule has 5 rings (SSSR count). The van der Waals surface area contributed by atoms with Gasteiger partial charge in [-0.25, -0.2) is 13.1 Å². The number of hydrogen-bond acceptors (Lipinski definition) is 6. The molecule has 0 spiro atoms. The van der Waals surface area contributed by atoms with Crippen LogP contribution in [0.4, 0.5) is 11.5 Å². The number of benzene rings is 3. The first-order valence-corrected chi connectivity index (χ1v) is 13.6. The van der Waals surface area contributed by atoms with Gasteiger partial charge in [-0.15, -0.1) is 10.2 Å². The predicted molar refractivity (Wildman–Crippen MR) is 143 cm³/mol. The fourth-order valence-electron chi connectivity index (χ4n) is 4.61. The Hall–Kier alpha value is -3.33. The fourth-order valence-corrected chi connectivity index (χ4v) is 5.95. The molecule has 1 saturated heterocycles. The molecular formula is C28H30N4O3S. The summed E-state index contributed by atoms with van der Waals surface area (Å²) in [7, 11) is -3.71. The summed E-state index contributed by atoms with van der Waals surface area (Å²) >= 11 is 0. The van der Waals surface area contributed by atoms with Gasteiger partial charge in [0.15, 0.2) is 5.82 Å². The van der Waals surface area contributed by atoms with Crippen LogP contribution in [0, 0.1) is 20.8 Å². The van der Waals surface area contributed by atoms with Gasteiger partial charge in [0.05, 0.1) is 11.0 Å². The van der Waals surface area contributed by atoms with E-state index in [1.54, 1.807) is 13.0 Å². The first kappa shape index (κ1) is 24.4. The number of anilines is 2. The van der Waals surface area contributed by atoms with E-state index in [0.717, 1.165) is 34.9 Å². The van der Waals surface area contributed by atoms with Crippen molar-refractivity contribution >= 4 is 32.3 Å². The molecule has 36 heavy (non-hydrogen) atoms. The fraction of sp³-hybridized carbons (Fsp3) is 0.286. The van der Waals surface area contributed by atoms with Crippen LogP contribution in [0.2, 0.25) is 0 Å². The Morgan fingerprint density at radius 2 is 1.75 bits per heavy atom. The summed E-state index contributed by atoms with van der Waals surface area (Å²) in [5.41, 5.74) is 5.28. The van der Waals surface area contributed by atoms with E-state index in [1.807, 2.05) is 42.5 Å². The van der Waals surface area contributed by atoms with E-state index in [0.29, 0.717) is 29.2 Å². The summed E-state index contributed by atoms with van der Waals surface area (Å²) < 4.78 is 34.6. The summed E-state index contributed by atoms with van der Waals surface area (Å²) in [6.45, 7) is 6.87. The van der Waals surface area contributed by atoms with Crippen LogP contribution in [0.25, 0.3) is 22.0 Å². The smallest absolute Gasteiger partial charge is 0.240 e. The third-order valence-electron chi connectivity index (χ3n) is 6.60. The molecule has 186 valence electrons. The van der Waals surface area contributed by atoms with Gasteiger partial charge in [-0.05, 0) is 56.9 Å². The van der Waals surface area contributed by atoms with Crippen LogP contribution in [-0.2, 0) is 14.8 Å². The van der Waals surface area contributed by atoms with Crippen molar-refractivity contribution in [3.05, 3.63) is 77.4 Å². The molecule has 0 radical (unpaired) electrons. The Morgan fingerprint density at radius 3 is 2.50 bits per heavy atom. The molecule has 0 bridgehead atoms. The lowest BCUT2D eigenvalue weighted by atomic mass is 10.0. The highest BCUT2D eigenvalue weighted by Gasteiger charge is 2.23. The molecule has 0 aliphatic carbocycles. The molecule has 8 heteroatoms. The molecule has 2 heterocycles. The van der Waals surface area contributed by atoms with Gasteiger partial charge >= 0.3 is 0 Å². The largest absolute Gasteiger partial charge is 0.377 e. The van der Waals surface area contributed by atoms with E-state index >= 15 is 0 Å². The number of hydrogen-bond donors (Lipinski definition) is 2. The van der Waals surface area contributed by atoms with Crippen molar-refractivity contribution in [1.29, 1.82) is 0 Å². The zero-order valence-electron chi connectivity index (χ0n) is 20.7. The monoisotopic (exact) mass is 502 g/mol. The van der Waals surface area contributed by atoms with Crippen LogP contribution in [0.3, 0.4) is 0 Å². The first-order valence-electron chi connectivity index (χ1n) is 12.1. The van der Waals surface area contributed by atoms with Crippen molar-refractivity contribution in [3.63, 3.8) is 0 Å². The minimum Gasteiger partial charge on any atom is -0.377 e.